The van der Waals surface area contributed by atoms with Crippen molar-refractivity contribution in [3.63, 3.8) is 0 Å². The van der Waals surface area contributed by atoms with Crippen molar-refractivity contribution < 1.29 is 19.1 Å². The van der Waals surface area contributed by atoms with E-state index in [2.05, 4.69) is 15.3 Å². The van der Waals surface area contributed by atoms with Crippen LogP contribution in [0, 0.1) is 0 Å². The second-order valence-electron chi connectivity index (χ2n) is 7.67. The highest BCUT2D eigenvalue weighted by molar-refractivity contribution is 7.13. The fourth-order valence-corrected chi connectivity index (χ4v) is 4.56. The lowest BCUT2D eigenvalue weighted by molar-refractivity contribution is 0.0520. The molecule has 0 unspecified atom stereocenters. The first-order valence-corrected chi connectivity index (χ1v) is 11.7. The summed E-state index contributed by atoms with van der Waals surface area (Å²) in [5.41, 5.74) is 5.70. The zero-order chi connectivity index (χ0) is 23.5. The maximum atomic E-state index is 12.8. The second-order valence-corrected chi connectivity index (χ2v) is 8.53. The summed E-state index contributed by atoms with van der Waals surface area (Å²) in [5, 5.41) is 5.37. The second kappa shape index (κ2) is 9.44. The molecule has 170 valence electrons. The Morgan fingerprint density at radius 2 is 2.06 bits per heavy atom. The minimum absolute atomic E-state index is 0.184. The van der Waals surface area contributed by atoms with Crippen LogP contribution in [-0.4, -0.2) is 28.5 Å². The van der Waals surface area contributed by atoms with E-state index < -0.39 is 5.97 Å². The van der Waals surface area contributed by atoms with E-state index in [1.54, 1.807) is 36.8 Å². The molecule has 34 heavy (non-hydrogen) atoms. The van der Waals surface area contributed by atoms with Crippen molar-refractivity contribution in [3.8, 4) is 27.4 Å². The van der Waals surface area contributed by atoms with Crippen molar-refractivity contribution in [1.29, 1.82) is 0 Å². The third-order valence-corrected chi connectivity index (χ3v) is 6.33. The topological polar surface area (TPSA) is 90.4 Å². The van der Waals surface area contributed by atoms with Gasteiger partial charge in [-0.05, 0) is 48.4 Å². The smallest absolute Gasteiger partial charge is 0.357 e. The number of amides is 1. The average molecular weight is 472 g/mol. The number of thiazole rings is 1. The van der Waals surface area contributed by atoms with E-state index in [4.69, 9.17) is 9.47 Å². The van der Waals surface area contributed by atoms with Gasteiger partial charge < -0.3 is 14.8 Å². The summed E-state index contributed by atoms with van der Waals surface area (Å²) < 4.78 is 10.8. The molecule has 0 bridgehead atoms. The first kappa shape index (κ1) is 21.8. The number of pyridine rings is 1. The molecule has 0 saturated carbocycles. The van der Waals surface area contributed by atoms with E-state index in [9.17, 15) is 9.59 Å². The normalized spacial score (nSPS) is 11.7. The number of esters is 1. The van der Waals surface area contributed by atoms with Crippen molar-refractivity contribution >= 4 is 23.2 Å². The summed E-state index contributed by atoms with van der Waals surface area (Å²) in [6.07, 6.45) is 3.56. The Bertz CT molecular complexity index is 1380. The Balaban J connectivity index is 1.27. The van der Waals surface area contributed by atoms with Crippen molar-refractivity contribution in [2.75, 3.05) is 6.61 Å². The minimum Gasteiger partial charge on any atom is -0.488 e. The Labute approximate surface area is 200 Å². The van der Waals surface area contributed by atoms with Gasteiger partial charge in [0.25, 0.3) is 5.91 Å². The SMILES string of the molecule is CCOC(=O)c1csc(-c2cccc(CNC(=O)c3ccc4c(c3)OCc3cnccc3-4)c2)n1. The van der Waals surface area contributed by atoms with Crippen LogP contribution in [0.1, 0.15) is 38.9 Å². The monoisotopic (exact) mass is 471 g/mol. The number of ether oxygens (including phenoxy) is 2. The standard InChI is InChI=1S/C26H21N3O4S/c1-2-32-26(31)22-15-34-25(29-22)18-5-3-4-16(10-18)12-28-24(30)17-6-7-21-20-8-9-27-13-19(20)14-33-23(21)11-17/h3-11,13,15H,2,12,14H2,1H3,(H,28,30). The zero-order valence-corrected chi connectivity index (χ0v) is 19.2. The van der Waals surface area contributed by atoms with Crippen LogP contribution in [0.4, 0.5) is 0 Å². The van der Waals surface area contributed by atoms with Gasteiger partial charge in [0.1, 0.15) is 17.4 Å². The summed E-state index contributed by atoms with van der Waals surface area (Å²) in [4.78, 5) is 33.2. The van der Waals surface area contributed by atoms with Crippen molar-refractivity contribution in [2.24, 2.45) is 0 Å². The van der Waals surface area contributed by atoms with Crippen molar-refractivity contribution in [2.45, 2.75) is 20.1 Å². The molecular weight excluding hydrogens is 450 g/mol. The lowest BCUT2D eigenvalue weighted by atomic mass is 9.97. The number of nitrogens with one attached hydrogen (secondary N) is 1. The molecule has 0 fully saturated rings. The zero-order valence-electron chi connectivity index (χ0n) is 18.4. The molecule has 0 saturated heterocycles. The number of hydrogen-bond acceptors (Lipinski definition) is 7. The molecule has 8 heteroatoms. The molecule has 0 atom stereocenters. The van der Waals surface area contributed by atoms with Crippen LogP contribution < -0.4 is 10.1 Å². The molecule has 5 rings (SSSR count). The number of rotatable bonds is 6. The maximum Gasteiger partial charge on any atom is 0.357 e. The first-order chi connectivity index (χ1) is 16.6. The van der Waals surface area contributed by atoms with Crippen molar-refractivity contribution in [3.05, 3.63) is 88.7 Å². The van der Waals surface area contributed by atoms with Gasteiger partial charge >= 0.3 is 5.97 Å². The summed E-state index contributed by atoms with van der Waals surface area (Å²) in [6, 6.07) is 15.2. The molecule has 4 aromatic rings. The van der Waals surface area contributed by atoms with Crippen LogP contribution in [0.5, 0.6) is 5.75 Å². The van der Waals surface area contributed by atoms with Gasteiger partial charge in [-0.3, -0.25) is 9.78 Å². The molecule has 0 radical (unpaired) electrons. The summed E-state index contributed by atoms with van der Waals surface area (Å²) in [6.45, 7) is 2.86. The van der Waals surface area contributed by atoms with Gasteiger partial charge in [-0.1, -0.05) is 18.2 Å². The van der Waals surface area contributed by atoms with Gasteiger partial charge in [-0.25, -0.2) is 9.78 Å². The third-order valence-electron chi connectivity index (χ3n) is 5.44. The summed E-state index contributed by atoms with van der Waals surface area (Å²) >= 11 is 1.38. The number of carbonyl (C=O) groups excluding carboxylic acids is 2. The van der Waals surface area contributed by atoms with E-state index in [1.807, 2.05) is 36.4 Å². The quantitative estimate of drug-likeness (QED) is 0.404. The van der Waals surface area contributed by atoms with E-state index >= 15 is 0 Å². The molecule has 3 heterocycles. The molecule has 1 aliphatic rings. The first-order valence-electron chi connectivity index (χ1n) is 10.8. The van der Waals surface area contributed by atoms with Crippen molar-refractivity contribution in [1.82, 2.24) is 15.3 Å². The summed E-state index contributed by atoms with van der Waals surface area (Å²) in [5.74, 6) is 0.0771. The predicted molar refractivity (Wildman–Crippen MR) is 129 cm³/mol. The molecule has 0 spiro atoms. The highest BCUT2D eigenvalue weighted by Crippen LogP contribution is 2.37. The Hall–Kier alpha value is -4.04. The number of benzene rings is 2. The number of hydrogen-bond donors (Lipinski definition) is 1. The van der Waals surface area contributed by atoms with Gasteiger partial charge in [0.15, 0.2) is 5.69 Å². The molecule has 2 aromatic carbocycles. The highest BCUT2D eigenvalue weighted by atomic mass is 32.1. The van der Waals surface area contributed by atoms with Gasteiger partial charge in [0, 0.05) is 46.6 Å². The van der Waals surface area contributed by atoms with Gasteiger partial charge in [-0.2, -0.15) is 0 Å². The third kappa shape index (κ3) is 4.40. The average Bonchev–Trinajstić information content (AvgIpc) is 3.38. The molecule has 1 aliphatic heterocycles. The van der Waals surface area contributed by atoms with Gasteiger partial charge in [-0.15, -0.1) is 11.3 Å². The van der Waals surface area contributed by atoms with Crippen LogP contribution in [0.25, 0.3) is 21.7 Å². The molecule has 1 N–H and O–H groups in total. The molecule has 2 aromatic heterocycles. The number of aromatic nitrogens is 2. The lowest BCUT2D eigenvalue weighted by Crippen LogP contribution is -2.23. The van der Waals surface area contributed by atoms with Crippen LogP contribution in [0.2, 0.25) is 0 Å². The predicted octanol–water partition coefficient (Wildman–Crippen LogP) is 4.87. The van der Waals surface area contributed by atoms with Crippen LogP contribution in [0.3, 0.4) is 0 Å². The molecule has 0 aliphatic carbocycles. The van der Waals surface area contributed by atoms with Gasteiger partial charge in [0.05, 0.1) is 6.61 Å². The number of fused-ring (bicyclic) bond motifs is 3. The fraction of sp³-hybridized carbons (Fsp3) is 0.154. The maximum absolute atomic E-state index is 12.8. The number of carbonyl (C=O) groups is 2. The van der Waals surface area contributed by atoms with E-state index in [0.29, 0.717) is 36.8 Å². The van der Waals surface area contributed by atoms with Crippen LogP contribution in [-0.2, 0) is 17.9 Å². The van der Waals surface area contributed by atoms with Crippen LogP contribution in [0.15, 0.2) is 66.3 Å². The summed E-state index contributed by atoms with van der Waals surface area (Å²) in [7, 11) is 0. The fourth-order valence-electron chi connectivity index (χ4n) is 3.77. The minimum atomic E-state index is -0.428. The van der Waals surface area contributed by atoms with Gasteiger partial charge in [0.2, 0.25) is 0 Å². The Morgan fingerprint density at radius 1 is 1.15 bits per heavy atom. The largest absolute Gasteiger partial charge is 0.488 e. The van der Waals surface area contributed by atoms with Crippen LogP contribution >= 0.6 is 11.3 Å². The molecule has 1 amide bonds. The molecule has 7 nitrogen and oxygen atoms in total. The molecular formula is C26H21N3O4S. The number of nitrogens with zero attached hydrogens (tertiary/aromatic N) is 2. The lowest BCUT2D eigenvalue weighted by Gasteiger charge is -2.20. The van der Waals surface area contributed by atoms with E-state index in [1.165, 1.54) is 11.3 Å². The highest BCUT2D eigenvalue weighted by Gasteiger charge is 2.19. The Kier molecular flexibility index (Phi) is 6.05. The Morgan fingerprint density at radius 3 is 2.94 bits per heavy atom. The van der Waals surface area contributed by atoms with E-state index in [0.717, 1.165) is 32.8 Å². The van der Waals surface area contributed by atoms with E-state index in [-0.39, 0.29) is 5.91 Å².